The maximum atomic E-state index is 4.60. The van der Waals surface area contributed by atoms with E-state index in [-0.39, 0.29) is 0 Å². The van der Waals surface area contributed by atoms with Gasteiger partial charge in [-0.15, -0.1) is 0 Å². The van der Waals surface area contributed by atoms with Crippen molar-refractivity contribution in [3.63, 3.8) is 0 Å². The molecule has 0 radical (unpaired) electrons. The van der Waals surface area contributed by atoms with Crippen LogP contribution in [0.25, 0.3) is 0 Å². The van der Waals surface area contributed by atoms with E-state index in [9.17, 15) is 0 Å². The number of hydrogen-bond acceptors (Lipinski definition) is 4. The molecule has 1 unspecified atom stereocenters. The van der Waals surface area contributed by atoms with E-state index in [0.29, 0.717) is 6.04 Å². The zero-order valence-electron chi connectivity index (χ0n) is 14.9. The number of pyridine rings is 2. The van der Waals surface area contributed by atoms with Gasteiger partial charge in [-0.25, -0.2) is 4.98 Å². The van der Waals surface area contributed by atoms with Crippen LogP contribution in [-0.2, 0) is 19.5 Å². The van der Waals surface area contributed by atoms with Gasteiger partial charge in [0.05, 0.1) is 11.7 Å². The lowest BCUT2D eigenvalue weighted by Gasteiger charge is -2.25. The third kappa shape index (κ3) is 4.09. The van der Waals surface area contributed by atoms with Crippen molar-refractivity contribution in [3.05, 3.63) is 89.4 Å². The first kappa shape index (κ1) is 16.7. The van der Waals surface area contributed by atoms with Crippen LogP contribution in [0.1, 0.15) is 41.3 Å². The predicted molar refractivity (Wildman–Crippen MR) is 105 cm³/mol. The molecule has 1 aliphatic rings. The molecule has 2 N–H and O–H groups in total. The Morgan fingerprint density at radius 1 is 0.846 bits per heavy atom. The van der Waals surface area contributed by atoms with Gasteiger partial charge < -0.3 is 10.6 Å². The van der Waals surface area contributed by atoms with Crippen LogP contribution < -0.4 is 10.6 Å². The molecular formula is C22H24N4. The molecule has 4 heteroatoms. The summed E-state index contributed by atoms with van der Waals surface area (Å²) >= 11 is 0. The summed E-state index contributed by atoms with van der Waals surface area (Å²) in [4.78, 5) is 8.89. The standard InChI is InChI=1S/C22H24N4/c1-2-13-23-21(8-1)26-16-18-11-9-17(10-12-18)15-25-20-7-3-5-19-6-4-14-24-22(19)20/h1-2,4,6,8-14,20,25H,3,5,7,15-16H2,(H,23,26). The number of nitrogens with one attached hydrogen (secondary N) is 2. The van der Waals surface area contributed by atoms with Crippen molar-refractivity contribution in [1.29, 1.82) is 0 Å². The van der Waals surface area contributed by atoms with Gasteiger partial charge in [-0.2, -0.15) is 0 Å². The highest BCUT2D eigenvalue weighted by Crippen LogP contribution is 2.27. The van der Waals surface area contributed by atoms with Gasteiger partial charge in [0.25, 0.3) is 0 Å². The van der Waals surface area contributed by atoms with Gasteiger partial charge >= 0.3 is 0 Å². The SMILES string of the molecule is c1ccc(NCc2ccc(CNC3CCCc4cccnc43)cc2)nc1. The van der Waals surface area contributed by atoms with Crippen LogP contribution in [0.5, 0.6) is 0 Å². The third-order valence-electron chi connectivity index (χ3n) is 4.91. The van der Waals surface area contributed by atoms with Gasteiger partial charge in [0.2, 0.25) is 0 Å². The molecule has 132 valence electrons. The molecule has 1 atom stereocenters. The lowest BCUT2D eigenvalue weighted by Crippen LogP contribution is -2.25. The fourth-order valence-electron chi connectivity index (χ4n) is 3.48. The fourth-order valence-corrected chi connectivity index (χ4v) is 3.48. The van der Waals surface area contributed by atoms with E-state index in [2.05, 4.69) is 50.9 Å². The number of rotatable bonds is 6. The number of aryl methyl sites for hydroxylation is 1. The van der Waals surface area contributed by atoms with Crippen molar-refractivity contribution in [2.75, 3.05) is 5.32 Å². The van der Waals surface area contributed by atoms with Crippen LogP contribution in [0.2, 0.25) is 0 Å². The molecule has 26 heavy (non-hydrogen) atoms. The molecule has 1 aromatic carbocycles. The van der Waals surface area contributed by atoms with Gasteiger partial charge in [-0.3, -0.25) is 4.98 Å². The van der Waals surface area contributed by atoms with Crippen molar-refractivity contribution in [2.24, 2.45) is 0 Å². The van der Waals surface area contributed by atoms with Crippen molar-refractivity contribution in [3.8, 4) is 0 Å². The third-order valence-corrected chi connectivity index (χ3v) is 4.91. The van der Waals surface area contributed by atoms with Gasteiger partial charge in [0.1, 0.15) is 5.82 Å². The predicted octanol–water partition coefficient (Wildman–Crippen LogP) is 4.26. The lowest BCUT2D eigenvalue weighted by atomic mass is 9.92. The molecular weight excluding hydrogens is 320 g/mol. The van der Waals surface area contributed by atoms with E-state index in [1.165, 1.54) is 28.8 Å². The summed E-state index contributed by atoms with van der Waals surface area (Å²) in [5, 5.41) is 7.02. The monoisotopic (exact) mass is 344 g/mol. The Balaban J connectivity index is 1.32. The Kier molecular flexibility index (Phi) is 5.22. The Morgan fingerprint density at radius 3 is 2.46 bits per heavy atom. The lowest BCUT2D eigenvalue weighted by molar-refractivity contribution is 0.447. The first-order valence-corrected chi connectivity index (χ1v) is 9.28. The Morgan fingerprint density at radius 2 is 1.65 bits per heavy atom. The molecule has 3 aromatic rings. The summed E-state index contributed by atoms with van der Waals surface area (Å²) in [7, 11) is 0. The highest BCUT2D eigenvalue weighted by atomic mass is 15.0. The maximum absolute atomic E-state index is 4.60. The fraction of sp³-hybridized carbons (Fsp3) is 0.273. The summed E-state index contributed by atoms with van der Waals surface area (Å²) in [6.45, 7) is 1.65. The zero-order chi connectivity index (χ0) is 17.6. The molecule has 4 nitrogen and oxygen atoms in total. The average Bonchev–Trinajstić information content (AvgIpc) is 2.72. The Hall–Kier alpha value is -2.72. The minimum absolute atomic E-state index is 0.366. The van der Waals surface area contributed by atoms with E-state index in [1.807, 2.05) is 30.5 Å². The second kappa shape index (κ2) is 8.11. The van der Waals surface area contributed by atoms with E-state index in [1.54, 1.807) is 6.20 Å². The molecule has 0 aliphatic heterocycles. The van der Waals surface area contributed by atoms with Crippen LogP contribution in [-0.4, -0.2) is 9.97 Å². The van der Waals surface area contributed by atoms with Crippen LogP contribution in [0.4, 0.5) is 5.82 Å². The van der Waals surface area contributed by atoms with E-state index in [4.69, 9.17) is 0 Å². The van der Waals surface area contributed by atoms with Gasteiger partial charge in [0, 0.05) is 25.5 Å². The summed E-state index contributed by atoms with van der Waals surface area (Å²) < 4.78 is 0. The average molecular weight is 344 g/mol. The second-order valence-corrected chi connectivity index (χ2v) is 6.76. The molecule has 0 amide bonds. The second-order valence-electron chi connectivity index (χ2n) is 6.76. The summed E-state index contributed by atoms with van der Waals surface area (Å²) in [6, 6.07) is 19.3. The first-order chi connectivity index (χ1) is 12.9. The molecule has 2 heterocycles. The number of aromatic nitrogens is 2. The molecule has 0 bridgehead atoms. The van der Waals surface area contributed by atoms with Crippen LogP contribution >= 0.6 is 0 Å². The summed E-state index contributed by atoms with van der Waals surface area (Å²) in [6.07, 6.45) is 7.25. The number of fused-ring (bicyclic) bond motifs is 1. The van der Waals surface area contributed by atoms with Crippen LogP contribution in [0.15, 0.2) is 67.0 Å². The minimum atomic E-state index is 0.366. The first-order valence-electron chi connectivity index (χ1n) is 9.28. The van der Waals surface area contributed by atoms with Crippen molar-refractivity contribution in [1.82, 2.24) is 15.3 Å². The molecule has 0 spiro atoms. The number of benzene rings is 1. The normalized spacial score (nSPS) is 16.1. The Labute approximate surface area is 154 Å². The molecule has 0 saturated carbocycles. The molecule has 0 fully saturated rings. The summed E-state index contributed by atoms with van der Waals surface area (Å²) in [5.41, 5.74) is 5.18. The molecule has 1 aliphatic carbocycles. The topological polar surface area (TPSA) is 49.8 Å². The number of nitrogens with zero attached hydrogens (tertiary/aromatic N) is 2. The number of hydrogen-bond donors (Lipinski definition) is 2. The molecule has 2 aromatic heterocycles. The van der Waals surface area contributed by atoms with Crippen molar-refractivity contribution in [2.45, 2.75) is 38.4 Å². The highest BCUT2D eigenvalue weighted by Gasteiger charge is 2.20. The van der Waals surface area contributed by atoms with E-state index in [0.717, 1.165) is 31.7 Å². The number of anilines is 1. The van der Waals surface area contributed by atoms with Crippen molar-refractivity contribution < 1.29 is 0 Å². The van der Waals surface area contributed by atoms with Gasteiger partial charge in [-0.05, 0) is 54.2 Å². The van der Waals surface area contributed by atoms with E-state index < -0.39 is 0 Å². The maximum Gasteiger partial charge on any atom is 0.126 e. The molecule has 4 rings (SSSR count). The van der Waals surface area contributed by atoms with Gasteiger partial charge in [-0.1, -0.05) is 36.4 Å². The smallest absolute Gasteiger partial charge is 0.126 e. The van der Waals surface area contributed by atoms with Crippen molar-refractivity contribution >= 4 is 5.82 Å². The quantitative estimate of drug-likeness (QED) is 0.702. The molecule has 0 saturated heterocycles. The minimum Gasteiger partial charge on any atom is -0.366 e. The van der Waals surface area contributed by atoms with Crippen LogP contribution in [0, 0.1) is 0 Å². The van der Waals surface area contributed by atoms with Crippen LogP contribution in [0.3, 0.4) is 0 Å². The Bertz CT molecular complexity index is 830. The largest absolute Gasteiger partial charge is 0.366 e. The zero-order valence-corrected chi connectivity index (χ0v) is 14.9. The van der Waals surface area contributed by atoms with E-state index >= 15 is 0 Å². The summed E-state index contributed by atoms with van der Waals surface area (Å²) in [5.74, 6) is 0.904. The van der Waals surface area contributed by atoms with Gasteiger partial charge in [0.15, 0.2) is 0 Å². The highest BCUT2D eigenvalue weighted by molar-refractivity contribution is 5.35.